The summed E-state index contributed by atoms with van der Waals surface area (Å²) in [6, 6.07) is 0.618. The van der Waals surface area contributed by atoms with Gasteiger partial charge in [0.2, 0.25) is 0 Å². The van der Waals surface area contributed by atoms with E-state index in [0.29, 0.717) is 6.04 Å². The van der Waals surface area contributed by atoms with Crippen molar-refractivity contribution >= 4 is 12.4 Å². The number of hydrogen-bond donors (Lipinski definition) is 1. The highest BCUT2D eigenvalue weighted by atomic mass is 35.5. The van der Waals surface area contributed by atoms with Gasteiger partial charge in [-0.3, -0.25) is 4.90 Å². The van der Waals surface area contributed by atoms with Gasteiger partial charge in [-0.25, -0.2) is 0 Å². The zero-order chi connectivity index (χ0) is 11.9. The predicted octanol–water partition coefficient (Wildman–Crippen LogP) is 1.15. The Morgan fingerprint density at radius 1 is 1.39 bits per heavy atom. The van der Waals surface area contributed by atoms with Crippen LogP contribution in [0.4, 0.5) is 0 Å². The van der Waals surface area contributed by atoms with E-state index in [1.807, 2.05) is 0 Å². The van der Waals surface area contributed by atoms with Crippen LogP contribution >= 0.6 is 12.4 Å². The van der Waals surface area contributed by atoms with Gasteiger partial charge in [-0.1, -0.05) is 0 Å². The quantitative estimate of drug-likeness (QED) is 0.790. The lowest BCUT2D eigenvalue weighted by molar-refractivity contribution is 0.0891. The molecule has 0 aliphatic carbocycles. The highest BCUT2D eigenvalue weighted by molar-refractivity contribution is 5.85. The standard InChI is InChI=1S/C13H26N2O2.ClH/c1-16-8-6-15(13-4-7-17-11-13)10-12-3-2-5-14-9-12;/h12-14H,2-11H2,1H3;1H. The molecular weight excluding hydrogens is 252 g/mol. The molecular formula is C13H27ClN2O2. The van der Waals surface area contributed by atoms with E-state index < -0.39 is 0 Å². The summed E-state index contributed by atoms with van der Waals surface area (Å²) in [5.41, 5.74) is 0. The highest BCUT2D eigenvalue weighted by Crippen LogP contribution is 2.17. The first-order valence-electron chi connectivity index (χ1n) is 6.91. The van der Waals surface area contributed by atoms with Crippen LogP contribution in [0.2, 0.25) is 0 Å². The van der Waals surface area contributed by atoms with Gasteiger partial charge in [-0.05, 0) is 38.3 Å². The topological polar surface area (TPSA) is 33.7 Å². The molecule has 2 atom stereocenters. The molecule has 0 aromatic carbocycles. The zero-order valence-electron chi connectivity index (χ0n) is 11.4. The van der Waals surface area contributed by atoms with E-state index in [9.17, 15) is 0 Å². The number of ether oxygens (including phenoxy) is 2. The van der Waals surface area contributed by atoms with Crippen LogP contribution in [0.15, 0.2) is 0 Å². The number of halogens is 1. The van der Waals surface area contributed by atoms with Gasteiger partial charge >= 0.3 is 0 Å². The van der Waals surface area contributed by atoms with Gasteiger partial charge in [0, 0.05) is 32.8 Å². The van der Waals surface area contributed by atoms with Crippen LogP contribution in [0.25, 0.3) is 0 Å². The van der Waals surface area contributed by atoms with Crippen molar-refractivity contribution in [3.8, 4) is 0 Å². The van der Waals surface area contributed by atoms with E-state index in [-0.39, 0.29) is 12.4 Å². The Morgan fingerprint density at radius 2 is 2.28 bits per heavy atom. The number of rotatable bonds is 6. The minimum Gasteiger partial charge on any atom is -0.383 e. The van der Waals surface area contributed by atoms with Gasteiger partial charge in [0.25, 0.3) is 0 Å². The van der Waals surface area contributed by atoms with E-state index in [1.165, 1.54) is 38.9 Å². The molecule has 0 amide bonds. The van der Waals surface area contributed by atoms with Crippen LogP contribution in [0.3, 0.4) is 0 Å². The van der Waals surface area contributed by atoms with Crippen molar-refractivity contribution in [2.75, 3.05) is 53.1 Å². The second kappa shape index (κ2) is 9.10. The van der Waals surface area contributed by atoms with Crippen LogP contribution in [0.5, 0.6) is 0 Å². The van der Waals surface area contributed by atoms with E-state index >= 15 is 0 Å². The van der Waals surface area contributed by atoms with Crippen molar-refractivity contribution < 1.29 is 9.47 Å². The smallest absolute Gasteiger partial charge is 0.0622 e. The first-order chi connectivity index (χ1) is 8.40. The Hall–Kier alpha value is 0.130. The molecule has 18 heavy (non-hydrogen) atoms. The van der Waals surface area contributed by atoms with Crippen molar-refractivity contribution in [1.29, 1.82) is 0 Å². The first-order valence-corrected chi connectivity index (χ1v) is 6.91. The zero-order valence-corrected chi connectivity index (χ0v) is 12.2. The Kier molecular flexibility index (Phi) is 8.18. The number of piperidine rings is 1. The van der Waals surface area contributed by atoms with E-state index in [1.54, 1.807) is 7.11 Å². The molecule has 0 spiro atoms. The summed E-state index contributed by atoms with van der Waals surface area (Å²) in [5, 5.41) is 3.50. The third-order valence-electron chi connectivity index (χ3n) is 3.90. The van der Waals surface area contributed by atoms with Gasteiger partial charge in [0.1, 0.15) is 0 Å². The van der Waals surface area contributed by atoms with E-state index in [2.05, 4.69) is 10.2 Å². The molecule has 0 aromatic rings. The average molecular weight is 279 g/mol. The van der Waals surface area contributed by atoms with Crippen LogP contribution in [-0.4, -0.2) is 64.1 Å². The summed E-state index contributed by atoms with van der Waals surface area (Å²) in [5.74, 6) is 0.807. The maximum atomic E-state index is 5.51. The Bertz CT molecular complexity index is 207. The molecule has 0 bridgehead atoms. The summed E-state index contributed by atoms with van der Waals surface area (Å²) in [7, 11) is 1.78. The van der Waals surface area contributed by atoms with Crippen molar-refractivity contribution in [2.24, 2.45) is 5.92 Å². The van der Waals surface area contributed by atoms with Crippen molar-refractivity contribution in [3.63, 3.8) is 0 Å². The molecule has 0 saturated carbocycles. The maximum Gasteiger partial charge on any atom is 0.0622 e. The summed E-state index contributed by atoms with van der Waals surface area (Å²) in [6.07, 6.45) is 3.87. The van der Waals surface area contributed by atoms with Crippen LogP contribution in [0.1, 0.15) is 19.3 Å². The number of hydrogen-bond acceptors (Lipinski definition) is 4. The van der Waals surface area contributed by atoms with E-state index in [0.717, 1.165) is 32.3 Å². The molecule has 2 aliphatic heterocycles. The van der Waals surface area contributed by atoms with Crippen molar-refractivity contribution in [2.45, 2.75) is 25.3 Å². The molecule has 2 saturated heterocycles. The fraction of sp³-hybridized carbons (Fsp3) is 1.00. The van der Waals surface area contributed by atoms with Gasteiger partial charge in [0.05, 0.1) is 13.2 Å². The number of nitrogens with zero attached hydrogens (tertiary/aromatic N) is 1. The van der Waals surface area contributed by atoms with Crippen molar-refractivity contribution in [1.82, 2.24) is 10.2 Å². The lowest BCUT2D eigenvalue weighted by atomic mass is 9.98. The number of methoxy groups -OCH3 is 1. The molecule has 2 aliphatic rings. The monoisotopic (exact) mass is 278 g/mol. The fourth-order valence-corrected chi connectivity index (χ4v) is 2.85. The predicted molar refractivity (Wildman–Crippen MR) is 75.5 cm³/mol. The summed E-state index contributed by atoms with van der Waals surface area (Å²) < 4.78 is 10.7. The normalized spacial score (nSPS) is 28.3. The highest BCUT2D eigenvalue weighted by Gasteiger charge is 2.25. The largest absolute Gasteiger partial charge is 0.383 e. The van der Waals surface area contributed by atoms with Gasteiger partial charge < -0.3 is 14.8 Å². The van der Waals surface area contributed by atoms with Gasteiger partial charge in [0.15, 0.2) is 0 Å². The fourth-order valence-electron chi connectivity index (χ4n) is 2.85. The molecule has 5 heteroatoms. The molecule has 0 aromatic heterocycles. The minimum absolute atomic E-state index is 0. The van der Waals surface area contributed by atoms with Crippen LogP contribution in [-0.2, 0) is 9.47 Å². The molecule has 108 valence electrons. The van der Waals surface area contributed by atoms with Crippen LogP contribution < -0.4 is 5.32 Å². The van der Waals surface area contributed by atoms with Gasteiger partial charge in [-0.2, -0.15) is 0 Å². The lowest BCUT2D eigenvalue weighted by Crippen LogP contribution is -2.44. The maximum absolute atomic E-state index is 5.51. The molecule has 0 radical (unpaired) electrons. The third kappa shape index (κ3) is 5.02. The van der Waals surface area contributed by atoms with E-state index in [4.69, 9.17) is 9.47 Å². The molecule has 2 unspecified atom stereocenters. The molecule has 2 rings (SSSR count). The number of nitrogens with one attached hydrogen (secondary N) is 1. The van der Waals surface area contributed by atoms with Gasteiger partial charge in [-0.15, -0.1) is 12.4 Å². The SMILES string of the molecule is COCCN(CC1CCCNC1)C1CCOC1.Cl. The van der Waals surface area contributed by atoms with Crippen LogP contribution in [0, 0.1) is 5.92 Å². The van der Waals surface area contributed by atoms with Crippen molar-refractivity contribution in [3.05, 3.63) is 0 Å². The molecule has 1 N–H and O–H groups in total. The Morgan fingerprint density at radius 3 is 2.89 bits per heavy atom. The second-order valence-electron chi connectivity index (χ2n) is 5.22. The molecule has 2 fully saturated rings. The summed E-state index contributed by atoms with van der Waals surface area (Å²) >= 11 is 0. The lowest BCUT2D eigenvalue weighted by Gasteiger charge is -2.33. The average Bonchev–Trinajstić information content (AvgIpc) is 2.89. The molecule has 2 heterocycles. The minimum atomic E-state index is 0. The Labute approximate surface area is 117 Å². The third-order valence-corrected chi connectivity index (χ3v) is 3.90. The molecule has 4 nitrogen and oxygen atoms in total. The first kappa shape index (κ1) is 16.2. The second-order valence-corrected chi connectivity index (χ2v) is 5.22. The Balaban J connectivity index is 0.00000162. The summed E-state index contributed by atoms with van der Waals surface area (Å²) in [6.45, 7) is 7.28. The summed E-state index contributed by atoms with van der Waals surface area (Å²) in [4.78, 5) is 2.58.